The quantitative estimate of drug-likeness (QED) is 0.637. The second-order valence-electron chi connectivity index (χ2n) is 1.98. The molecule has 0 amide bonds. The van der Waals surface area contributed by atoms with E-state index in [1.165, 1.54) is 0 Å². The zero-order valence-electron chi connectivity index (χ0n) is 5.86. The molecular formula is C7H10N2S. The van der Waals surface area contributed by atoms with Crippen LogP contribution in [0.5, 0.6) is 0 Å². The number of rotatable bonds is 2. The number of aromatic nitrogens is 2. The largest absolute Gasteiger partial charge is 0.335 e. The van der Waals surface area contributed by atoms with Crippen LogP contribution in [-0.4, -0.2) is 15.3 Å². The summed E-state index contributed by atoms with van der Waals surface area (Å²) in [5, 5.41) is 0. The van der Waals surface area contributed by atoms with E-state index < -0.39 is 0 Å². The zero-order valence-corrected chi connectivity index (χ0v) is 6.75. The van der Waals surface area contributed by atoms with Crippen LogP contribution in [0.25, 0.3) is 6.08 Å². The molecule has 0 aliphatic rings. The van der Waals surface area contributed by atoms with Crippen LogP contribution in [0.1, 0.15) is 5.82 Å². The van der Waals surface area contributed by atoms with Gasteiger partial charge in [-0.1, -0.05) is 6.08 Å². The summed E-state index contributed by atoms with van der Waals surface area (Å²) >= 11 is 4.04. The van der Waals surface area contributed by atoms with Crippen molar-refractivity contribution in [1.29, 1.82) is 0 Å². The van der Waals surface area contributed by atoms with Crippen LogP contribution < -0.4 is 0 Å². The first kappa shape index (κ1) is 7.41. The van der Waals surface area contributed by atoms with Gasteiger partial charge in [0, 0.05) is 25.2 Å². The summed E-state index contributed by atoms with van der Waals surface area (Å²) in [6.07, 6.45) is 7.61. The molecule has 0 aromatic carbocycles. The Kier molecular flexibility index (Phi) is 2.57. The van der Waals surface area contributed by atoms with Crippen LogP contribution in [-0.2, 0) is 7.05 Å². The van der Waals surface area contributed by atoms with E-state index in [-0.39, 0.29) is 0 Å². The van der Waals surface area contributed by atoms with Gasteiger partial charge in [0.15, 0.2) is 0 Å². The maximum atomic E-state index is 4.10. The lowest BCUT2D eigenvalue weighted by atomic mass is 10.5. The van der Waals surface area contributed by atoms with E-state index in [1.54, 1.807) is 6.20 Å². The first-order chi connectivity index (χ1) is 4.84. The lowest BCUT2D eigenvalue weighted by Crippen LogP contribution is -1.88. The first-order valence-electron chi connectivity index (χ1n) is 3.09. The molecule has 10 heavy (non-hydrogen) atoms. The molecule has 1 rings (SSSR count). The van der Waals surface area contributed by atoms with Crippen molar-refractivity contribution in [2.75, 3.05) is 5.75 Å². The van der Waals surface area contributed by atoms with Gasteiger partial charge in [-0.3, -0.25) is 0 Å². The Labute approximate surface area is 66.0 Å². The van der Waals surface area contributed by atoms with E-state index in [1.807, 2.05) is 30.0 Å². The van der Waals surface area contributed by atoms with Crippen molar-refractivity contribution in [1.82, 2.24) is 9.55 Å². The van der Waals surface area contributed by atoms with Crippen molar-refractivity contribution < 1.29 is 0 Å². The third-order valence-electron chi connectivity index (χ3n) is 1.23. The summed E-state index contributed by atoms with van der Waals surface area (Å²) in [6.45, 7) is 0. The molecule has 0 saturated carbocycles. The van der Waals surface area contributed by atoms with Crippen LogP contribution in [0.2, 0.25) is 0 Å². The highest BCUT2D eigenvalue weighted by Crippen LogP contribution is 1.96. The molecule has 0 atom stereocenters. The predicted octanol–water partition coefficient (Wildman–Crippen LogP) is 1.36. The van der Waals surface area contributed by atoms with Gasteiger partial charge in [0.05, 0.1) is 0 Å². The zero-order chi connectivity index (χ0) is 7.40. The van der Waals surface area contributed by atoms with Crippen LogP contribution in [0.15, 0.2) is 18.5 Å². The highest BCUT2D eigenvalue weighted by Gasteiger charge is 1.89. The van der Waals surface area contributed by atoms with Gasteiger partial charge in [-0.05, 0) is 6.08 Å². The second-order valence-corrected chi connectivity index (χ2v) is 2.35. The molecule has 0 aliphatic heterocycles. The van der Waals surface area contributed by atoms with Gasteiger partial charge < -0.3 is 4.57 Å². The Morgan fingerprint density at radius 3 is 3.10 bits per heavy atom. The Bertz CT molecular complexity index is 227. The van der Waals surface area contributed by atoms with E-state index in [4.69, 9.17) is 0 Å². The van der Waals surface area contributed by atoms with Crippen LogP contribution >= 0.6 is 12.6 Å². The second kappa shape index (κ2) is 3.46. The van der Waals surface area contributed by atoms with Crippen molar-refractivity contribution in [2.45, 2.75) is 0 Å². The summed E-state index contributed by atoms with van der Waals surface area (Å²) < 4.78 is 1.96. The third kappa shape index (κ3) is 1.64. The van der Waals surface area contributed by atoms with E-state index >= 15 is 0 Å². The van der Waals surface area contributed by atoms with Gasteiger partial charge in [-0.2, -0.15) is 12.6 Å². The Morgan fingerprint density at radius 1 is 1.80 bits per heavy atom. The van der Waals surface area contributed by atoms with Gasteiger partial charge in [0.2, 0.25) is 0 Å². The molecule has 54 valence electrons. The van der Waals surface area contributed by atoms with E-state index in [0.717, 1.165) is 11.6 Å². The van der Waals surface area contributed by atoms with Gasteiger partial charge in [-0.15, -0.1) is 0 Å². The lowest BCUT2D eigenvalue weighted by molar-refractivity contribution is 0.897. The normalized spacial score (nSPS) is 11.0. The molecular weight excluding hydrogens is 144 g/mol. The van der Waals surface area contributed by atoms with Gasteiger partial charge in [0.1, 0.15) is 5.82 Å². The predicted molar refractivity (Wildman–Crippen MR) is 46.1 cm³/mol. The fraction of sp³-hybridized carbons (Fsp3) is 0.286. The van der Waals surface area contributed by atoms with E-state index in [9.17, 15) is 0 Å². The number of imidazole rings is 1. The molecule has 0 saturated heterocycles. The average molecular weight is 154 g/mol. The molecule has 3 heteroatoms. The summed E-state index contributed by atoms with van der Waals surface area (Å²) in [5.74, 6) is 1.72. The maximum Gasteiger partial charge on any atom is 0.131 e. The Balaban J connectivity index is 2.74. The molecule has 0 fully saturated rings. The number of aryl methyl sites for hydroxylation is 1. The molecule has 1 aromatic heterocycles. The topological polar surface area (TPSA) is 17.8 Å². The minimum Gasteiger partial charge on any atom is -0.335 e. The number of hydrogen-bond donors (Lipinski definition) is 1. The number of thiol groups is 1. The van der Waals surface area contributed by atoms with Gasteiger partial charge in [-0.25, -0.2) is 4.98 Å². The van der Waals surface area contributed by atoms with Crippen LogP contribution in [0.3, 0.4) is 0 Å². The molecule has 1 heterocycles. The fourth-order valence-electron chi connectivity index (χ4n) is 0.696. The molecule has 0 unspecified atom stereocenters. The molecule has 2 nitrogen and oxygen atoms in total. The highest BCUT2D eigenvalue weighted by molar-refractivity contribution is 7.80. The fourth-order valence-corrected chi connectivity index (χ4v) is 0.801. The highest BCUT2D eigenvalue weighted by atomic mass is 32.1. The minimum atomic E-state index is 0.757. The molecule has 0 N–H and O–H groups in total. The Hall–Kier alpha value is -0.700. The van der Waals surface area contributed by atoms with Crippen molar-refractivity contribution in [2.24, 2.45) is 7.05 Å². The standard InChI is InChI=1S/C7H10N2S/c1-9-5-4-8-7(9)3-2-6-10/h2-5,10H,6H2,1H3. The molecule has 0 bridgehead atoms. The first-order valence-corrected chi connectivity index (χ1v) is 3.72. The molecule has 0 aliphatic carbocycles. The SMILES string of the molecule is Cn1ccnc1C=CCS. The number of nitrogens with zero attached hydrogens (tertiary/aromatic N) is 2. The van der Waals surface area contributed by atoms with Gasteiger partial charge in [0.25, 0.3) is 0 Å². The summed E-state index contributed by atoms with van der Waals surface area (Å²) in [4.78, 5) is 4.10. The van der Waals surface area contributed by atoms with Crippen molar-refractivity contribution >= 4 is 18.7 Å². The average Bonchev–Trinajstić information content (AvgIpc) is 2.31. The van der Waals surface area contributed by atoms with E-state index in [2.05, 4.69) is 17.6 Å². The maximum absolute atomic E-state index is 4.10. The smallest absolute Gasteiger partial charge is 0.131 e. The van der Waals surface area contributed by atoms with Crippen LogP contribution in [0.4, 0.5) is 0 Å². The van der Waals surface area contributed by atoms with E-state index in [0.29, 0.717) is 0 Å². The molecule has 0 spiro atoms. The van der Waals surface area contributed by atoms with Crippen molar-refractivity contribution in [3.05, 3.63) is 24.3 Å². The molecule has 0 radical (unpaired) electrons. The van der Waals surface area contributed by atoms with Crippen molar-refractivity contribution in [3.8, 4) is 0 Å². The lowest BCUT2D eigenvalue weighted by Gasteiger charge is -1.91. The number of hydrogen-bond acceptors (Lipinski definition) is 2. The molecule has 1 aromatic rings. The Morgan fingerprint density at radius 2 is 2.60 bits per heavy atom. The minimum absolute atomic E-state index is 0.757. The monoisotopic (exact) mass is 154 g/mol. The van der Waals surface area contributed by atoms with Crippen molar-refractivity contribution in [3.63, 3.8) is 0 Å². The summed E-state index contributed by atoms with van der Waals surface area (Å²) in [7, 11) is 1.96. The summed E-state index contributed by atoms with van der Waals surface area (Å²) in [5.41, 5.74) is 0. The van der Waals surface area contributed by atoms with Gasteiger partial charge >= 0.3 is 0 Å². The third-order valence-corrected chi connectivity index (χ3v) is 1.44. The van der Waals surface area contributed by atoms with Crippen LogP contribution in [0, 0.1) is 0 Å². The summed E-state index contributed by atoms with van der Waals surface area (Å²) in [6, 6.07) is 0.